The molecule has 0 saturated carbocycles. The van der Waals surface area contributed by atoms with Crippen LogP contribution in [0.1, 0.15) is 25.3 Å². The fraction of sp³-hybridized carbons (Fsp3) is 0.455. The molecule has 0 heterocycles. The summed E-state index contributed by atoms with van der Waals surface area (Å²) in [4.78, 5) is 0. The number of alkyl halides is 1. The van der Waals surface area contributed by atoms with Crippen LogP contribution in [-0.2, 0) is 0 Å². The van der Waals surface area contributed by atoms with Gasteiger partial charge in [-0.05, 0) is 29.5 Å². The maximum Gasteiger partial charge on any atom is 0.0456 e. The van der Waals surface area contributed by atoms with Crippen molar-refractivity contribution < 1.29 is 0 Å². The van der Waals surface area contributed by atoms with Crippen molar-refractivity contribution in [3.63, 3.8) is 0 Å². The lowest BCUT2D eigenvalue weighted by atomic mass is 9.90. The van der Waals surface area contributed by atoms with Crippen LogP contribution in [0.5, 0.6) is 0 Å². The van der Waals surface area contributed by atoms with Crippen LogP contribution < -0.4 is 0 Å². The predicted octanol–water partition coefficient (Wildman–Crippen LogP) is 5.13. The molecule has 1 aromatic rings. The smallest absolute Gasteiger partial charge is 0.0456 e. The molecule has 0 N–H and O–H groups in total. The summed E-state index contributed by atoms with van der Waals surface area (Å²) in [6, 6.07) is 5.70. The molecule has 0 aromatic heterocycles. The monoisotopic (exact) mass is 294 g/mol. The third kappa shape index (κ3) is 2.88. The Morgan fingerprint density at radius 2 is 1.93 bits per heavy atom. The van der Waals surface area contributed by atoms with Crippen LogP contribution in [0.3, 0.4) is 0 Å². The molecule has 0 amide bonds. The molecule has 78 valence electrons. The first-order valence-electron chi connectivity index (χ1n) is 4.57. The highest BCUT2D eigenvalue weighted by Gasteiger charge is 2.17. The van der Waals surface area contributed by atoms with Gasteiger partial charge in [0.1, 0.15) is 0 Å². The number of benzene rings is 1. The van der Waals surface area contributed by atoms with Gasteiger partial charge in [-0.25, -0.2) is 0 Å². The van der Waals surface area contributed by atoms with Gasteiger partial charge in [0.15, 0.2) is 0 Å². The summed E-state index contributed by atoms with van der Waals surface area (Å²) in [5, 5.41) is 2.37. The lowest BCUT2D eigenvalue weighted by molar-refractivity contribution is 0.544. The van der Waals surface area contributed by atoms with Gasteiger partial charge < -0.3 is 0 Å². The van der Waals surface area contributed by atoms with E-state index in [2.05, 4.69) is 29.8 Å². The van der Waals surface area contributed by atoms with E-state index in [1.807, 2.05) is 12.1 Å². The van der Waals surface area contributed by atoms with Crippen molar-refractivity contribution in [1.29, 1.82) is 0 Å². The van der Waals surface area contributed by atoms with Gasteiger partial charge in [0.05, 0.1) is 0 Å². The van der Waals surface area contributed by atoms with Gasteiger partial charge in [-0.2, -0.15) is 0 Å². The van der Waals surface area contributed by atoms with E-state index in [9.17, 15) is 0 Å². The van der Waals surface area contributed by atoms with Crippen LogP contribution in [0.2, 0.25) is 10.0 Å². The van der Waals surface area contributed by atoms with E-state index >= 15 is 0 Å². The highest BCUT2D eigenvalue weighted by molar-refractivity contribution is 9.09. The lowest BCUT2D eigenvalue weighted by Gasteiger charge is -2.19. The summed E-state index contributed by atoms with van der Waals surface area (Å²) >= 11 is 15.5. The van der Waals surface area contributed by atoms with E-state index in [1.165, 1.54) is 5.56 Å². The largest absolute Gasteiger partial charge is 0.0921 e. The minimum Gasteiger partial charge on any atom is -0.0921 e. The molecule has 0 fully saturated rings. The minimum atomic E-state index is 0.444. The molecule has 0 saturated heterocycles. The zero-order valence-electron chi connectivity index (χ0n) is 8.23. The van der Waals surface area contributed by atoms with E-state index in [0.29, 0.717) is 16.9 Å². The van der Waals surface area contributed by atoms with Gasteiger partial charge in [-0.3, -0.25) is 0 Å². The molecular weight excluding hydrogens is 283 g/mol. The van der Waals surface area contributed by atoms with Crippen molar-refractivity contribution in [1.82, 2.24) is 0 Å². The van der Waals surface area contributed by atoms with Gasteiger partial charge in [-0.1, -0.05) is 59.0 Å². The molecule has 0 radical (unpaired) electrons. The molecule has 14 heavy (non-hydrogen) atoms. The van der Waals surface area contributed by atoms with E-state index in [4.69, 9.17) is 23.2 Å². The second-order valence-electron chi connectivity index (χ2n) is 3.67. The van der Waals surface area contributed by atoms with Crippen molar-refractivity contribution in [3.05, 3.63) is 33.8 Å². The Hall–Kier alpha value is 0.280. The van der Waals surface area contributed by atoms with Gasteiger partial charge in [-0.15, -0.1) is 0 Å². The van der Waals surface area contributed by atoms with Crippen molar-refractivity contribution in [2.24, 2.45) is 5.92 Å². The van der Waals surface area contributed by atoms with Crippen LogP contribution >= 0.6 is 39.1 Å². The first-order valence-corrected chi connectivity index (χ1v) is 6.45. The minimum absolute atomic E-state index is 0.444. The number of halogens is 3. The van der Waals surface area contributed by atoms with Crippen LogP contribution in [0.4, 0.5) is 0 Å². The van der Waals surface area contributed by atoms with Crippen molar-refractivity contribution in [2.45, 2.75) is 19.8 Å². The predicted molar refractivity (Wildman–Crippen MR) is 67.8 cm³/mol. The second-order valence-corrected chi connectivity index (χ2v) is 5.16. The van der Waals surface area contributed by atoms with Gasteiger partial charge in [0.25, 0.3) is 0 Å². The third-order valence-corrected chi connectivity index (χ3v) is 3.59. The van der Waals surface area contributed by atoms with Crippen molar-refractivity contribution in [2.75, 3.05) is 5.33 Å². The molecule has 3 heteroatoms. The van der Waals surface area contributed by atoms with Gasteiger partial charge in [0, 0.05) is 15.4 Å². The quantitative estimate of drug-likeness (QED) is 0.678. The zero-order valence-corrected chi connectivity index (χ0v) is 11.3. The van der Waals surface area contributed by atoms with Crippen LogP contribution in [0.25, 0.3) is 0 Å². The molecule has 0 bridgehead atoms. The van der Waals surface area contributed by atoms with Gasteiger partial charge in [0.2, 0.25) is 0 Å². The average molecular weight is 296 g/mol. The number of hydrogen-bond donors (Lipinski definition) is 0. The SMILES string of the molecule is CC(C)C(CBr)c1ccc(Cl)cc1Cl. The Kier molecular flexibility index (Phi) is 4.75. The highest BCUT2D eigenvalue weighted by Crippen LogP contribution is 2.33. The third-order valence-electron chi connectivity index (χ3n) is 2.33. The Balaban J connectivity index is 3.04. The molecule has 0 aliphatic carbocycles. The zero-order chi connectivity index (χ0) is 10.7. The summed E-state index contributed by atoms with van der Waals surface area (Å²) in [5.74, 6) is 1.01. The molecule has 1 rings (SSSR count). The summed E-state index contributed by atoms with van der Waals surface area (Å²) in [7, 11) is 0. The lowest BCUT2D eigenvalue weighted by Crippen LogP contribution is -2.08. The highest BCUT2D eigenvalue weighted by atomic mass is 79.9. The topological polar surface area (TPSA) is 0 Å². The van der Waals surface area contributed by atoms with Crippen LogP contribution in [-0.4, -0.2) is 5.33 Å². The first-order chi connectivity index (χ1) is 6.56. The molecule has 1 atom stereocenters. The summed E-state index contributed by atoms with van der Waals surface area (Å²) in [5.41, 5.74) is 1.17. The maximum atomic E-state index is 6.14. The van der Waals surface area contributed by atoms with Crippen LogP contribution in [0, 0.1) is 5.92 Å². The van der Waals surface area contributed by atoms with Crippen LogP contribution in [0.15, 0.2) is 18.2 Å². The first kappa shape index (κ1) is 12.4. The fourth-order valence-electron chi connectivity index (χ4n) is 1.42. The summed E-state index contributed by atoms with van der Waals surface area (Å²) in [6.07, 6.45) is 0. The standard InChI is InChI=1S/C11H13BrCl2/c1-7(2)10(6-12)9-4-3-8(13)5-11(9)14/h3-5,7,10H,6H2,1-2H3. The maximum absolute atomic E-state index is 6.14. The normalized spacial score (nSPS) is 13.3. The summed E-state index contributed by atoms with van der Waals surface area (Å²) < 4.78 is 0. The Morgan fingerprint density at radius 1 is 1.29 bits per heavy atom. The van der Waals surface area contributed by atoms with E-state index in [-0.39, 0.29) is 0 Å². The molecule has 0 nitrogen and oxygen atoms in total. The average Bonchev–Trinajstić information content (AvgIpc) is 2.09. The number of rotatable bonds is 3. The molecule has 1 aromatic carbocycles. The van der Waals surface area contributed by atoms with Crippen molar-refractivity contribution >= 4 is 39.1 Å². The fourth-order valence-corrected chi connectivity index (χ4v) is 3.07. The van der Waals surface area contributed by atoms with E-state index in [0.717, 1.165) is 10.4 Å². The second kappa shape index (κ2) is 5.39. The Labute approximate surface area is 104 Å². The molecule has 0 aliphatic rings. The molecule has 0 spiro atoms. The Morgan fingerprint density at radius 3 is 2.36 bits per heavy atom. The van der Waals surface area contributed by atoms with Crippen molar-refractivity contribution in [3.8, 4) is 0 Å². The molecule has 1 unspecified atom stereocenters. The van der Waals surface area contributed by atoms with E-state index < -0.39 is 0 Å². The summed E-state index contributed by atoms with van der Waals surface area (Å²) in [6.45, 7) is 4.38. The Bertz CT molecular complexity index is 310. The van der Waals surface area contributed by atoms with Gasteiger partial charge >= 0.3 is 0 Å². The number of hydrogen-bond acceptors (Lipinski definition) is 0. The van der Waals surface area contributed by atoms with E-state index in [1.54, 1.807) is 6.07 Å². The molecule has 0 aliphatic heterocycles. The molecular formula is C11H13BrCl2.